The third-order valence-corrected chi connectivity index (χ3v) is 3.30. The van der Waals surface area contributed by atoms with E-state index in [4.69, 9.17) is 5.11 Å². The normalized spacial score (nSPS) is 11.8. The van der Waals surface area contributed by atoms with E-state index in [2.05, 4.69) is 43.0 Å². The second kappa shape index (κ2) is 8.90. The average Bonchev–Trinajstić information content (AvgIpc) is 2.41. The molecule has 0 saturated carbocycles. The fraction of sp³-hybridized carbons (Fsp3) is 0.500. The summed E-state index contributed by atoms with van der Waals surface area (Å²) in [5.41, 5.74) is 1.23. The summed E-state index contributed by atoms with van der Waals surface area (Å²) in [4.78, 5) is 2.35. The van der Waals surface area contributed by atoms with Crippen LogP contribution in [0.4, 0.5) is 0 Å². The molecule has 0 atom stereocenters. The van der Waals surface area contributed by atoms with Crippen LogP contribution in [-0.2, 0) is 0 Å². The number of hydrogen-bond donors (Lipinski definition) is 1. The van der Waals surface area contributed by atoms with Gasteiger partial charge in [0.15, 0.2) is 0 Å². The highest BCUT2D eigenvalue weighted by atomic mass is 16.3. The fourth-order valence-corrected chi connectivity index (χ4v) is 2.24. The van der Waals surface area contributed by atoms with Crippen molar-refractivity contribution in [1.29, 1.82) is 0 Å². The van der Waals surface area contributed by atoms with Gasteiger partial charge in [0.1, 0.15) is 0 Å². The highest BCUT2D eigenvalue weighted by Gasteiger charge is 2.12. The first-order valence-corrected chi connectivity index (χ1v) is 6.88. The molecule has 0 radical (unpaired) electrons. The van der Waals surface area contributed by atoms with Crippen molar-refractivity contribution in [2.24, 2.45) is 0 Å². The van der Waals surface area contributed by atoms with Gasteiger partial charge < -0.3 is 5.11 Å². The van der Waals surface area contributed by atoms with Crippen molar-refractivity contribution in [3.63, 3.8) is 0 Å². The third-order valence-electron chi connectivity index (χ3n) is 3.30. The van der Waals surface area contributed by atoms with Crippen molar-refractivity contribution in [1.82, 2.24) is 4.90 Å². The molecule has 0 aliphatic rings. The zero-order valence-electron chi connectivity index (χ0n) is 11.5. The molecular formula is C16H25NO. The molecule has 0 aromatic heterocycles. The van der Waals surface area contributed by atoms with Gasteiger partial charge in [-0.25, -0.2) is 0 Å². The second-order valence-electron chi connectivity index (χ2n) is 4.50. The lowest BCUT2D eigenvalue weighted by Crippen LogP contribution is -2.36. The predicted octanol–water partition coefficient (Wildman–Crippen LogP) is 3.18. The minimum Gasteiger partial charge on any atom is -0.395 e. The van der Waals surface area contributed by atoms with Gasteiger partial charge in [-0.1, -0.05) is 56.3 Å². The molecule has 1 rings (SSSR count). The summed E-state index contributed by atoms with van der Waals surface area (Å²) in [5, 5.41) is 9.13. The van der Waals surface area contributed by atoms with Gasteiger partial charge in [0.2, 0.25) is 0 Å². The van der Waals surface area contributed by atoms with E-state index in [1.807, 2.05) is 18.2 Å². The summed E-state index contributed by atoms with van der Waals surface area (Å²) in [6.07, 6.45) is 6.60. The maximum absolute atomic E-state index is 9.13. The predicted molar refractivity (Wildman–Crippen MR) is 78.5 cm³/mol. The quantitative estimate of drug-likeness (QED) is 0.762. The van der Waals surface area contributed by atoms with Crippen LogP contribution >= 0.6 is 0 Å². The van der Waals surface area contributed by atoms with E-state index in [1.54, 1.807) is 0 Å². The van der Waals surface area contributed by atoms with Gasteiger partial charge in [0.25, 0.3) is 0 Å². The van der Waals surface area contributed by atoms with Crippen LogP contribution in [-0.4, -0.2) is 35.7 Å². The van der Waals surface area contributed by atoms with Gasteiger partial charge in [-0.05, 0) is 18.4 Å². The van der Waals surface area contributed by atoms with E-state index in [1.165, 1.54) is 5.56 Å². The lowest BCUT2D eigenvalue weighted by molar-refractivity contribution is 0.157. The smallest absolute Gasteiger partial charge is 0.0558 e. The Morgan fingerprint density at radius 2 is 1.83 bits per heavy atom. The molecule has 0 unspecified atom stereocenters. The molecule has 0 aliphatic heterocycles. The van der Waals surface area contributed by atoms with Crippen LogP contribution in [0.5, 0.6) is 0 Å². The monoisotopic (exact) mass is 247 g/mol. The van der Waals surface area contributed by atoms with Crippen LogP contribution in [0, 0.1) is 0 Å². The van der Waals surface area contributed by atoms with Crippen LogP contribution in [0.25, 0.3) is 6.08 Å². The maximum atomic E-state index is 9.13. The SMILES string of the molecule is CCC(CC)N(CC=Cc1ccccc1)CCO. The van der Waals surface area contributed by atoms with Gasteiger partial charge in [-0.3, -0.25) is 4.90 Å². The molecule has 18 heavy (non-hydrogen) atoms. The Hall–Kier alpha value is -1.12. The van der Waals surface area contributed by atoms with E-state index in [0.717, 1.165) is 25.9 Å². The van der Waals surface area contributed by atoms with E-state index in [9.17, 15) is 0 Å². The molecule has 0 heterocycles. The van der Waals surface area contributed by atoms with Crippen molar-refractivity contribution >= 4 is 6.08 Å². The van der Waals surface area contributed by atoms with Gasteiger partial charge in [-0.2, -0.15) is 0 Å². The molecule has 0 aliphatic carbocycles. The van der Waals surface area contributed by atoms with Crippen molar-refractivity contribution in [3.8, 4) is 0 Å². The molecule has 2 nitrogen and oxygen atoms in total. The first-order chi connectivity index (χ1) is 8.81. The fourth-order valence-electron chi connectivity index (χ4n) is 2.24. The van der Waals surface area contributed by atoms with Gasteiger partial charge >= 0.3 is 0 Å². The van der Waals surface area contributed by atoms with Crippen molar-refractivity contribution in [3.05, 3.63) is 42.0 Å². The van der Waals surface area contributed by atoms with Crippen LogP contribution in [0.3, 0.4) is 0 Å². The first-order valence-electron chi connectivity index (χ1n) is 6.88. The number of hydrogen-bond acceptors (Lipinski definition) is 2. The summed E-state index contributed by atoms with van der Waals surface area (Å²) in [7, 11) is 0. The van der Waals surface area contributed by atoms with Crippen LogP contribution in [0.15, 0.2) is 36.4 Å². The minimum absolute atomic E-state index is 0.232. The molecule has 0 saturated heterocycles. The summed E-state index contributed by atoms with van der Waals surface area (Å²) < 4.78 is 0. The summed E-state index contributed by atoms with van der Waals surface area (Å²) in [6, 6.07) is 10.9. The molecular weight excluding hydrogens is 222 g/mol. The maximum Gasteiger partial charge on any atom is 0.0558 e. The topological polar surface area (TPSA) is 23.5 Å². The number of rotatable bonds is 8. The Morgan fingerprint density at radius 1 is 1.17 bits per heavy atom. The lowest BCUT2D eigenvalue weighted by atomic mass is 10.1. The summed E-state index contributed by atoms with van der Waals surface area (Å²) in [5.74, 6) is 0. The number of aliphatic hydroxyl groups excluding tert-OH is 1. The van der Waals surface area contributed by atoms with Gasteiger partial charge in [0, 0.05) is 19.1 Å². The molecule has 100 valence electrons. The molecule has 0 amide bonds. The van der Waals surface area contributed by atoms with Crippen molar-refractivity contribution in [2.45, 2.75) is 32.7 Å². The van der Waals surface area contributed by atoms with E-state index >= 15 is 0 Å². The Kier molecular flexibility index (Phi) is 7.38. The first kappa shape index (κ1) is 14.9. The summed E-state index contributed by atoms with van der Waals surface area (Å²) in [6.45, 7) is 6.31. The van der Waals surface area contributed by atoms with E-state index < -0.39 is 0 Å². The third kappa shape index (κ3) is 5.03. The molecule has 1 aromatic carbocycles. The standard InChI is InChI=1S/C16H25NO/c1-3-16(4-2)17(13-14-18)12-8-11-15-9-6-5-7-10-15/h5-11,16,18H,3-4,12-14H2,1-2H3. The molecule has 0 fully saturated rings. The van der Waals surface area contributed by atoms with E-state index in [0.29, 0.717) is 6.04 Å². The second-order valence-corrected chi connectivity index (χ2v) is 4.50. The zero-order chi connectivity index (χ0) is 13.2. The van der Waals surface area contributed by atoms with E-state index in [-0.39, 0.29) is 6.61 Å². The largest absolute Gasteiger partial charge is 0.395 e. The molecule has 1 N–H and O–H groups in total. The molecule has 2 heteroatoms. The summed E-state index contributed by atoms with van der Waals surface area (Å²) >= 11 is 0. The Balaban J connectivity index is 2.53. The van der Waals surface area contributed by atoms with Crippen molar-refractivity contribution in [2.75, 3.05) is 19.7 Å². The average molecular weight is 247 g/mol. The molecule has 0 bridgehead atoms. The van der Waals surface area contributed by atoms with Crippen molar-refractivity contribution < 1.29 is 5.11 Å². The van der Waals surface area contributed by atoms with Gasteiger partial charge in [0.05, 0.1) is 6.61 Å². The highest BCUT2D eigenvalue weighted by molar-refractivity contribution is 5.48. The number of aliphatic hydroxyl groups is 1. The van der Waals surface area contributed by atoms with Gasteiger partial charge in [-0.15, -0.1) is 0 Å². The Morgan fingerprint density at radius 3 is 2.39 bits per heavy atom. The Bertz CT molecular complexity index is 330. The molecule has 0 spiro atoms. The highest BCUT2D eigenvalue weighted by Crippen LogP contribution is 2.09. The number of nitrogens with zero attached hydrogens (tertiary/aromatic N) is 1. The minimum atomic E-state index is 0.232. The zero-order valence-corrected chi connectivity index (χ0v) is 11.5. The Labute approximate surface area is 111 Å². The molecule has 1 aromatic rings. The van der Waals surface area contributed by atoms with Crippen LogP contribution in [0.2, 0.25) is 0 Å². The number of benzene rings is 1. The van der Waals surface area contributed by atoms with Crippen LogP contribution < -0.4 is 0 Å². The lowest BCUT2D eigenvalue weighted by Gasteiger charge is -2.28. The van der Waals surface area contributed by atoms with Crippen LogP contribution in [0.1, 0.15) is 32.3 Å².